The van der Waals surface area contributed by atoms with Crippen molar-refractivity contribution in [3.63, 3.8) is 0 Å². The molecular formula is C17H23FO2. The molecule has 0 heterocycles. The van der Waals surface area contributed by atoms with E-state index in [2.05, 4.69) is 6.92 Å². The van der Waals surface area contributed by atoms with E-state index in [0.717, 1.165) is 25.2 Å². The summed E-state index contributed by atoms with van der Waals surface area (Å²) in [6, 6.07) is 5.74. The monoisotopic (exact) mass is 278 g/mol. The van der Waals surface area contributed by atoms with Gasteiger partial charge in [-0.05, 0) is 62.3 Å². The largest absolute Gasteiger partial charge is 0.378 e. The van der Waals surface area contributed by atoms with E-state index < -0.39 is 0 Å². The van der Waals surface area contributed by atoms with E-state index in [1.807, 2.05) is 0 Å². The number of hydrogen-bond acceptors (Lipinski definition) is 2. The molecule has 110 valence electrons. The lowest BCUT2D eigenvalue weighted by Crippen LogP contribution is -2.21. The Morgan fingerprint density at radius 1 is 1.20 bits per heavy atom. The summed E-state index contributed by atoms with van der Waals surface area (Å²) in [6.45, 7) is 2.93. The molecule has 3 heteroatoms. The second-order valence-corrected chi connectivity index (χ2v) is 5.79. The standard InChI is InChI=1S/C17H23FO2/c1-13-4-10-16(11-5-13)20-12-2-3-17(19)14-6-8-15(18)9-7-14/h6-9,13,16H,2-5,10-12H2,1H3. The predicted molar refractivity (Wildman–Crippen MR) is 77.3 cm³/mol. The normalized spacial score (nSPS) is 22.7. The van der Waals surface area contributed by atoms with Gasteiger partial charge in [0.05, 0.1) is 6.10 Å². The summed E-state index contributed by atoms with van der Waals surface area (Å²) in [7, 11) is 0. The van der Waals surface area contributed by atoms with Crippen molar-refractivity contribution in [2.45, 2.75) is 51.6 Å². The number of carbonyl (C=O) groups is 1. The summed E-state index contributed by atoms with van der Waals surface area (Å²) < 4.78 is 18.6. The topological polar surface area (TPSA) is 26.3 Å². The van der Waals surface area contributed by atoms with Gasteiger partial charge in [-0.2, -0.15) is 0 Å². The molecule has 0 atom stereocenters. The van der Waals surface area contributed by atoms with Crippen molar-refractivity contribution in [1.29, 1.82) is 0 Å². The molecular weight excluding hydrogens is 255 g/mol. The zero-order valence-corrected chi connectivity index (χ0v) is 12.1. The van der Waals surface area contributed by atoms with Crippen LogP contribution in [0.5, 0.6) is 0 Å². The Kier molecular flexibility index (Phi) is 5.72. The zero-order valence-electron chi connectivity index (χ0n) is 12.1. The fraction of sp³-hybridized carbons (Fsp3) is 0.588. The molecule has 0 amide bonds. The second kappa shape index (κ2) is 7.53. The Labute approximate surface area is 120 Å². The van der Waals surface area contributed by atoms with Gasteiger partial charge in [-0.1, -0.05) is 6.92 Å². The van der Waals surface area contributed by atoms with Crippen LogP contribution in [0.1, 0.15) is 55.8 Å². The van der Waals surface area contributed by atoms with Crippen molar-refractivity contribution in [3.8, 4) is 0 Å². The summed E-state index contributed by atoms with van der Waals surface area (Å²) in [5, 5.41) is 0. The van der Waals surface area contributed by atoms with Crippen molar-refractivity contribution in [2.24, 2.45) is 5.92 Å². The maximum Gasteiger partial charge on any atom is 0.162 e. The minimum absolute atomic E-state index is 0.0610. The van der Waals surface area contributed by atoms with E-state index in [4.69, 9.17) is 4.74 Å². The minimum Gasteiger partial charge on any atom is -0.378 e. The molecule has 20 heavy (non-hydrogen) atoms. The average molecular weight is 278 g/mol. The number of ether oxygens (including phenoxy) is 1. The lowest BCUT2D eigenvalue weighted by atomic mass is 9.89. The number of rotatable bonds is 6. The summed E-state index contributed by atoms with van der Waals surface area (Å²) in [4.78, 5) is 11.9. The van der Waals surface area contributed by atoms with Gasteiger partial charge in [-0.15, -0.1) is 0 Å². The van der Waals surface area contributed by atoms with Gasteiger partial charge in [0.2, 0.25) is 0 Å². The van der Waals surface area contributed by atoms with Gasteiger partial charge in [0.25, 0.3) is 0 Å². The first-order chi connectivity index (χ1) is 9.65. The summed E-state index contributed by atoms with van der Waals surface area (Å²) in [5.74, 6) is 0.581. The molecule has 1 aromatic carbocycles. The third-order valence-corrected chi connectivity index (χ3v) is 4.03. The molecule has 0 aromatic heterocycles. The lowest BCUT2D eigenvalue weighted by molar-refractivity contribution is 0.0181. The smallest absolute Gasteiger partial charge is 0.162 e. The summed E-state index contributed by atoms with van der Waals surface area (Å²) >= 11 is 0. The van der Waals surface area contributed by atoms with Gasteiger partial charge in [0, 0.05) is 18.6 Å². The number of Topliss-reactive ketones (excluding diaryl/α,β-unsaturated/α-hetero) is 1. The van der Waals surface area contributed by atoms with Gasteiger partial charge in [-0.3, -0.25) is 4.79 Å². The molecule has 0 spiro atoms. The molecule has 0 N–H and O–H groups in total. The third-order valence-electron chi connectivity index (χ3n) is 4.03. The maximum absolute atomic E-state index is 12.8. The Bertz CT molecular complexity index is 419. The molecule has 0 saturated heterocycles. The van der Waals surface area contributed by atoms with Crippen LogP contribution in [0.4, 0.5) is 4.39 Å². The SMILES string of the molecule is CC1CCC(OCCCC(=O)c2ccc(F)cc2)CC1. The number of benzene rings is 1. The Hall–Kier alpha value is -1.22. The molecule has 1 aliphatic rings. The van der Waals surface area contributed by atoms with E-state index in [1.165, 1.54) is 25.0 Å². The highest BCUT2D eigenvalue weighted by molar-refractivity contribution is 5.95. The maximum atomic E-state index is 12.8. The fourth-order valence-electron chi connectivity index (χ4n) is 2.66. The molecule has 1 fully saturated rings. The van der Waals surface area contributed by atoms with E-state index >= 15 is 0 Å². The highest BCUT2D eigenvalue weighted by Crippen LogP contribution is 2.25. The first kappa shape index (κ1) is 15.2. The molecule has 0 unspecified atom stereocenters. The Morgan fingerprint density at radius 2 is 1.85 bits per heavy atom. The number of hydrogen-bond donors (Lipinski definition) is 0. The van der Waals surface area contributed by atoms with Crippen molar-refractivity contribution in [1.82, 2.24) is 0 Å². The molecule has 0 radical (unpaired) electrons. The number of halogens is 1. The molecule has 2 rings (SSSR count). The van der Waals surface area contributed by atoms with Gasteiger partial charge >= 0.3 is 0 Å². The van der Waals surface area contributed by atoms with Crippen molar-refractivity contribution in [3.05, 3.63) is 35.6 Å². The van der Waals surface area contributed by atoms with Crippen LogP contribution < -0.4 is 0 Å². The van der Waals surface area contributed by atoms with Crippen molar-refractivity contribution in [2.75, 3.05) is 6.61 Å². The first-order valence-corrected chi connectivity index (χ1v) is 7.55. The highest BCUT2D eigenvalue weighted by Gasteiger charge is 2.18. The number of carbonyl (C=O) groups excluding carboxylic acids is 1. The molecule has 0 bridgehead atoms. The van der Waals surface area contributed by atoms with Crippen molar-refractivity contribution < 1.29 is 13.9 Å². The number of ketones is 1. The summed E-state index contributed by atoms with van der Waals surface area (Å²) in [6.07, 6.45) is 6.38. The molecule has 1 saturated carbocycles. The van der Waals surface area contributed by atoms with Crippen LogP contribution in [0.2, 0.25) is 0 Å². The lowest BCUT2D eigenvalue weighted by Gasteiger charge is -2.26. The van der Waals surface area contributed by atoms with E-state index in [1.54, 1.807) is 12.1 Å². The fourth-order valence-corrected chi connectivity index (χ4v) is 2.66. The molecule has 2 nitrogen and oxygen atoms in total. The van der Waals surface area contributed by atoms with E-state index in [0.29, 0.717) is 24.7 Å². The van der Waals surface area contributed by atoms with Gasteiger partial charge in [-0.25, -0.2) is 4.39 Å². The summed E-state index contributed by atoms with van der Waals surface area (Å²) in [5.41, 5.74) is 0.581. The van der Waals surface area contributed by atoms with Gasteiger partial charge in [0.15, 0.2) is 5.78 Å². The van der Waals surface area contributed by atoms with Crippen LogP contribution in [0.3, 0.4) is 0 Å². The van der Waals surface area contributed by atoms with Crippen molar-refractivity contribution >= 4 is 5.78 Å². The van der Waals surface area contributed by atoms with Crippen LogP contribution in [0.25, 0.3) is 0 Å². The van der Waals surface area contributed by atoms with Crippen LogP contribution in [0, 0.1) is 11.7 Å². The molecule has 0 aliphatic heterocycles. The molecule has 1 aromatic rings. The predicted octanol–water partition coefficient (Wildman–Crippen LogP) is 4.38. The van der Waals surface area contributed by atoms with Crippen LogP contribution in [-0.4, -0.2) is 18.5 Å². The second-order valence-electron chi connectivity index (χ2n) is 5.79. The van der Waals surface area contributed by atoms with Crippen LogP contribution in [-0.2, 0) is 4.74 Å². The Morgan fingerprint density at radius 3 is 2.50 bits per heavy atom. The third kappa shape index (κ3) is 4.71. The van der Waals surface area contributed by atoms with Gasteiger partial charge < -0.3 is 4.74 Å². The molecule has 1 aliphatic carbocycles. The minimum atomic E-state index is -0.309. The van der Waals surface area contributed by atoms with Crippen LogP contribution in [0.15, 0.2) is 24.3 Å². The first-order valence-electron chi connectivity index (χ1n) is 7.55. The quantitative estimate of drug-likeness (QED) is 0.570. The van der Waals surface area contributed by atoms with Gasteiger partial charge in [0.1, 0.15) is 5.82 Å². The zero-order chi connectivity index (χ0) is 14.4. The average Bonchev–Trinajstić information content (AvgIpc) is 2.46. The Balaban J connectivity index is 1.63. The van der Waals surface area contributed by atoms with Crippen LogP contribution >= 0.6 is 0 Å². The van der Waals surface area contributed by atoms with E-state index in [-0.39, 0.29) is 11.6 Å². The van der Waals surface area contributed by atoms with E-state index in [9.17, 15) is 9.18 Å². The highest BCUT2D eigenvalue weighted by atomic mass is 19.1.